The number of aliphatic imine (C=N–C) groups is 2. The topological polar surface area (TPSA) is 49.9 Å². The quantitative estimate of drug-likeness (QED) is 0.188. The third kappa shape index (κ3) is 4.60. The minimum atomic E-state index is -0.361. The molecule has 0 bridgehead atoms. The second kappa shape index (κ2) is 11.5. The van der Waals surface area contributed by atoms with E-state index in [1.165, 1.54) is 47.3 Å². The molecule has 1 aliphatic heterocycles. The molecule has 0 aliphatic carbocycles. The highest BCUT2D eigenvalue weighted by Gasteiger charge is 2.25. The number of nitrogens with one attached hydrogen (secondary N) is 1. The maximum atomic E-state index is 6.60. The van der Waals surface area contributed by atoms with Crippen molar-refractivity contribution >= 4 is 86.7 Å². The van der Waals surface area contributed by atoms with Gasteiger partial charge in [0.15, 0.2) is 5.84 Å². The Morgan fingerprint density at radius 1 is 0.500 bits per heavy atom. The fourth-order valence-corrected chi connectivity index (χ4v) is 8.97. The van der Waals surface area contributed by atoms with Gasteiger partial charge in [0, 0.05) is 47.6 Å². The van der Waals surface area contributed by atoms with Gasteiger partial charge in [-0.25, -0.2) is 9.98 Å². The Kier molecular flexibility index (Phi) is 6.45. The maximum Gasteiger partial charge on any atom is 0.160 e. The molecule has 0 amide bonds. The van der Waals surface area contributed by atoms with Gasteiger partial charge in [-0.2, -0.15) is 0 Å². The van der Waals surface area contributed by atoms with Crippen LogP contribution in [0.2, 0.25) is 0 Å². The van der Waals surface area contributed by atoms with E-state index in [1.807, 2.05) is 41.7 Å². The second-order valence-corrected chi connectivity index (χ2v) is 14.4. The Morgan fingerprint density at radius 2 is 1.23 bits per heavy atom. The third-order valence-corrected chi connectivity index (χ3v) is 11.5. The fraction of sp³-hybridized carbons (Fsp3) is 0.0213. The average Bonchev–Trinajstić information content (AvgIpc) is 3.78. The number of benzene rings is 8. The highest BCUT2D eigenvalue weighted by molar-refractivity contribution is 7.25. The Balaban J connectivity index is 1.08. The van der Waals surface area contributed by atoms with Crippen LogP contribution in [0.15, 0.2) is 178 Å². The van der Waals surface area contributed by atoms with E-state index >= 15 is 0 Å². The van der Waals surface area contributed by atoms with E-state index in [0.29, 0.717) is 5.84 Å². The van der Waals surface area contributed by atoms with Gasteiger partial charge in [-0.3, -0.25) is 0 Å². The molecule has 8 aromatic carbocycles. The van der Waals surface area contributed by atoms with E-state index in [2.05, 4.69) is 139 Å². The van der Waals surface area contributed by atoms with Crippen LogP contribution in [0.25, 0.3) is 74.8 Å². The molecular weight excluding hydrogens is 655 g/mol. The largest absolute Gasteiger partial charge is 0.456 e. The molecule has 0 saturated heterocycles. The molecule has 0 fully saturated rings. The van der Waals surface area contributed by atoms with Gasteiger partial charge in [0.25, 0.3) is 0 Å². The molecule has 11 rings (SSSR count). The van der Waals surface area contributed by atoms with E-state index in [-0.39, 0.29) is 6.17 Å². The predicted molar refractivity (Wildman–Crippen MR) is 219 cm³/mol. The molecule has 3 heterocycles. The molecular formula is C47H29N3OS. The lowest BCUT2D eigenvalue weighted by atomic mass is 9.95. The van der Waals surface area contributed by atoms with Gasteiger partial charge in [-0.15, -0.1) is 11.3 Å². The normalized spacial score (nSPS) is 14.7. The zero-order chi connectivity index (χ0) is 34.2. The van der Waals surface area contributed by atoms with Crippen molar-refractivity contribution in [1.82, 2.24) is 5.32 Å². The lowest BCUT2D eigenvalue weighted by Crippen LogP contribution is -2.33. The summed E-state index contributed by atoms with van der Waals surface area (Å²) in [4.78, 5) is 10.6. The summed E-state index contributed by atoms with van der Waals surface area (Å²) in [5, 5.41) is 13.2. The van der Waals surface area contributed by atoms with Crippen LogP contribution in [0.5, 0.6) is 0 Å². The number of furan rings is 1. The Morgan fingerprint density at radius 3 is 2.13 bits per heavy atom. The van der Waals surface area contributed by atoms with Crippen LogP contribution >= 0.6 is 11.3 Å². The number of fused-ring (bicyclic) bond motifs is 9. The van der Waals surface area contributed by atoms with Gasteiger partial charge in [0.1, 0.15) is 23.2 Å². The van der Waals surface area contributed by atoms with Crippen molar-refractivity contribution < 1.29 is 4.42 Å². The average molecular weight is 684 g/mol. The number of hydrogen-bond acceptors (Lipinski definition) is 5. The van der Waals surface area contributed by atoms with Gasteiger partial charge < -0.3 is 9.73 Å². The molecule has 1 atom stereocenters. The summed E-state index contributed by atoms with van der Waals surface area (Å²) >= 11 is 1.84. The van der Waals surface area contributed by atoms with Crippen molar-refractivity contribution in [3.05, 3.63) is 180 Å². The first-order chi connectivity index (χ1) is 25.7. The van der Waals surface area contributed by atoms with Crippen LogP contribution in [0.1, 0.15) is 22.9 Å². The molecule has 244 valence electrons. The van der Waals surface area contributed by atoms with Crippen LogP contribution in [0.3, 0.4) is 0 Å². The monoisotopic (exact) mass is 683 g/mol. The zero-order valence-electron chi connectivity index (χ0n) is 27.9. The van der Waals surface area contributed by atoms with Gasteiger partial charge in [-0.1, -0.05) is 121 Å². The van der Waals surface area contributed by atoms with Crippen molar-refractivity contribution in [2.45, 2.75) is 6.17 Å². The second-order valence-electron chi connectivity index (χ2n) is 13.4. The van der Waals surface area contributed by atoms with E-state index in [0.717, 1.165) is 50.0 Å². The Bertz CT molecular complexity index is 3120. The van der Waals surface area contributed by atoms with Crippen molar-refractivity contribution in [1.29, 1.82) is 0 Å². The minimum absolute atomic E-state index is 0.361. The number of rotatable bonds is 4. The van der Waals surface area contributed by atoms with Crippen LogP contribution in [-0.4, -0.2) is 11.7 Å². The zero-order valence-corrected chi connectivity index (χ0v) is 28.7. The summed E-state index contributed by atoms with van der Waals surface area (Å²) in [5.41, 5.74) is 7.01. The van der Waals surface area contributed by atoms with Gasteiger partial charge in [0.2, 0.25) is 0 Å². The van der Waals surface area contributed by atoms with E-state index in [4.69, 9.17) is 14.4 Å². The number of thiophene rings is 1. The van der Waals surface area contributed by atoms with E-state index < -0.39 is 0 Å². The molecule has 5 heteroatoms. The fourth-order valence-electron chi connectivity index (χ4n) is 7.88. The van der Waals surface area contributed by atoms with Crippen molar-refractivity contribution in [2.24, 2.45) is 9.98 Å². The third-order valence-electron chi connectivity index (χ3n) is 10.3. The molecule has 1 unspecified atom stereocenters. The van der Waals surface area contributed by atoms with Crippen molar-refractivity contribution in [2.75, 3.05) is 0 Å². The van der Waals surface area contributed by atoms with Crippen LogP contribution in [-0.2, 0) is 0 Å². The Hall–Kier alpha value is -6.56. The lowest BCUT2D eigenvalue weighted by molar-refractivity contribution is 0.668. The molecule has 52 heavy (non-hydrogen) atoms. The maximum absolute atomic E-state index is 6.60. The highest BCUT2D eigenvalue weighted by atomic mass is 32.1. The molecule has 4 nitrogen and oxygen atoms in total. The summed E-state index contributed by atoms with van der Waals surface area (Å²) in [7, 11) is 0. The molecule has 0 spiro atoms. The summed E-state index contributed by atoms with van der Waals surface area (Å²) in [6.07, 6.45) is -0.361. The molecule has 1 aliphatic rings. The summed E-state index contributed by atoms with van der Waals surface area (Å²) in [6, 6.07) is 57.9. The van der Waals surface area contributed by atoms with E-state index in [9.17, 15) is 0 Å². The van der Waals surface area contributed by atoms with Crippen molar-refractivity contribution in [3.8, 4) is 11.1 Å². The highest BCUT2D eigenvalue weighted by Crippen LogP contribution is 2.40. The SMILES string of the molecule is c1ccc(C2=NC(c3cccc4oc5cc(-c6ccc7sc8ccccc8c7c6)ccc5c34)=NC(c3cc4ccccc4c4ccccc34)N2)cc1. The standard InChI is InChI=1S/C47H29N3OS/c1-2-11-28(12-3-1)45-48-46(50-47(49-45)39-26-31-13-4-5-14-32(31)33-15-6-7-16-34(33)39)37-18-10-19-40-44(37)36-23-21-30(27-41(36)51-40)29-22-24-43-38(25-29)35-17-8-9-20-42(35)52-43/h1-27,47H,(H,48,49,50). The lowest BCUT2D eigenvalue weighted by Gasteiger charge is -2.25. The van der Waals surface area contributed by atoms with Gasteiger partial charge in [0.05, 0.1) is 0 Å². The van der Waals surface area contributed by atoms with Crippen molar-refractivity contribution in [3.63, 3.8) is 0 Å². The minimum Gasteiger partial charge on any atom is -0.456 e. The summed E-state index contributed by atoms with van der Waals surface area (Å²) in [5.74, 6) is 1.46. The molecule has 0 radical (unpaired) electrons. The molecule has 10 aromatic rings. The molecule has 2 aromatic heterocycles. The first-order valence-corrected chi connectivity index (χ1v) is 18.3. The smallest absolute Gasteiger partial charge is 0.160 e. The number of hydrogen-bond donors (Lipinski definition) is 1. The van der Waals surface area contributed by atoms with Crippen LogP contribution < -0.4 is 5.32 Å². The molecule has 0 saturated carbocycles. The number of amidine groups is 2. The first kappa shape index (κ1) is 29.2. The van der Waals surface area contributed by atoms with Crippen LogP contribution in [0, 0.1) is 0 Å². The summed E-state index contributed by atoms with van der Waals surface area (Å²) < 4.78 is 9.21. The van der Waals surface area contributed by atoms with Gasteiger partial charge >= 0.3 is 0 Å². The first-order valence-electron chi connectivity index (χ1n) is 17.5. The number of nitrogens with zero attached hydrogens (tertiary/aromatic N) is 2. The predicted octanol–water partition coefficient (Wildman–Crippen LogP) is 12.4. The van der Waals surface area contributed by atoms with E-state index in [1.54, 1.807) is 0 Å². The van der Waals surface area contributed by atoms with Crippen LogP contribution in [0.4, 0.5) is 0 Å². The molecule has 1 N–H and O–H groups in total. The Labute approximate surface area is 303 Å². The summed E-state index contributed by atoms with van der Waals surface area (Å²) in [6.45, 7) is 0. The van der Waals surface area contributed by atoms with Gasteiger partial charge in [-0.05, 0) is 75.1 Å².